The van der Waals surface area contributed by atoms with Gasteiger partial charge in [-0.15, -0.1) is 0 Å². The van der Waals surface area contributed by atoms with Gasteiger partial charge in [-0.25, -0.2) is 4.79 Å². The van der Waals surface area contributed by atoms with Crippen molar-refractivity contribution in [3.8, 4) is 0 Å². The van der Waals surface area contributed by atoms with Gasteiger partial charge in [-0.2, -0.15) is 0 Å². The summed E-state index contributed by atoms with van der Waals surface area (Å²) >= 11 is 0. The van der Waals surface area contributed by atoms with Gasteiger partial charge in [0.1, 0.15) is 0 Å². The van der Waals surface area contributed by atoms with Crippen LogP contribution in [0.25, 0.3) is 0 Å². The number of nitrogens with zero attached hydrogens (tertiary/aromatic N) is 2. The lowest BCUT2D eigenvalue weighted by atomic mass is 9.99. The minimum Gasteiger partial charge on any atom is -0.475 e. The van der Waals surface area contributed by atoms with Gasteiger partial charge < -0.3 is 24.3 Å². The number of aromatic nitrogens is 1. The fourth-order valence-corrected chi connectivity index (χ4v) is 3.49. The predicted molar refractivity (Wildman–Crippen MR) is 113 cm³/mol. The third-order valence-corrected chi connectivity index (χ3v) is 5.01. The number of rotatable bonds is 5. The second kappa shape index (κ2) is 9.93. The van der Waals surface area contributed by atoms with Crippen molar-refractivity contribution in [1.29, 1.82) is 0 Å². The van der Waals surface area contributed by atoms with Crippen LogP contribution in [0.5, 0.6) is 0 Å². The molecule has 2 N–H and O–H groups in total. The van der Waals surface area contributed by atoms with Crippen molar-refractivity contribution >= 4 is 11.9 Å². The zero-order valence-corrected chi connectivity index (χ0v) is 17.2. The molecule has 0 radical (unpaired) electrons. The molecule has 1 unspecified atom stereocenters. The van der Waals surface area contributed by atoms with Crippen LogP contribution in [-0.2, 0) is 11.3 Å². The zero-order valence-electron chi connectivity index (χ0n) is 17.2. The van der Waals surface area contributed by atoms with E-state index in [2.05, 4.69) is 63.8 Å². The summed E-state index contributed by atoms with van der Waals surface area (Å²) in [6.45, 7) is 6.94. The van der Waals surface area contributed by atoms with Crippen molar-refractivity contribution in [2.45, 2.75) is 26.4 Å². The Morgan fingerprint density at radius 3 is 2.50 bits per heavy atom. The third kappa shape index (κ3) is 4.99. The normalized spacial score (nSPS) is 15.1. The second-order valence-corrected chi connectivity index (χ2v) is 7.09. The number of likely N-dealkylation sites (N-methyl/N-ethyl adjacent to an activating group) is 1. The van der Waals surface area contributed by atoms with E-state index in [0.717, 1.165) is 19.6 Å². The number of benzene rings is 1. The van der Waals surface area contributed by atoms with E-state index in [4.69, 9.17) is 5.11 Å². The van der Waals surface area contributed by atoms with Crippen LogP contribution in [0, 0.1) is 6.92 Å². The molecule has 1 aliphatic rings. The lowest BCUT2D eigenvalue weighted by Gasteiger charge is -2.37. The lowest BCUT2D eigenvalue weighted by molar-refractivity contribution is -0.132. The SMILES string of the molecule is CCNCC(=O)N1CCn2cccc2C1c1ccc(C)cc1.O=C(O)c1ccco1. The first-order valence-electron chi connectivity index (χ1n) is 9.99. The number of hydrogen-bond acceptors (Lipinski definition) is 4. The van der Waals surface area contributed by atoms with Crippen LogP contribution in [0.4, 0.5) is 0 Å². The van der Waals surface area contributed by atoms with Gasteiger partial charge in [-0.05, 0) is 43.3 Å². The van der Waals surface area contributed by atoms with Gasteiger partial charge in [-0.3, -0.25) is 4.79 Å². The van der Waals surface area contributed by atoms with Crippen LogP contribution in [0.3, 0.4) is 0 Å². The molecule has 7 nitrogen and oxygen atoms in total. The number of nitrogens with one attached hydrogen (secondary N) is 1. The molecule has 0 bridgehead atoms. The molecule has 0 aliphatic carbocycles. The van der Waals surface area contributed by atoms with E-state index in [-0.39, 0.29) is 17.7 Å². The first-order chi connectivity index (χ1) is 14.5. The third-order valence-electron chi connectivity index (χ3n) is 5.01. The number of amides is 1. The summed E-state index contributed by atoms with van der Waals surface area (Å²) in [4.78, 5) is 24.6. The molecule has 7 heteroatoms. The van der Waals surface area contributed by atoms with E-state index >= 15 is 0 Å². The number of fused-ring (bicyclic) bond motifs is 1. The Bertz CT molecular complexity index is 961. The van der Waals surface area contributed by atoms with Gasteiger partial charge in [0, 0.05) is 25.0 Å². The van der Waals surface area contributed by atoms with Gasteiger partial charge in [0.05, 0.1) is 18.8 Å². The summed E-state index contributed by atoms with van der Waals surface area (Å²) in [5.74, 6) is -0.889. The summed E-state index contributed by atoms with van der Waals surface area (Å²) in [5.41, 5.74) is 3.61. The summed E-state index contributed by atoms with van der Waals surface area (Å²) < 4.78 is 6.75. The molecular weight excluding hydrogens is 382 g/mol. The van der Waals surface area contributed by atoms with E-state index < -0.39 is 5.97 Å². The van der Waals surface area contributed by atoms with Crippen molar-refractivity contribution in [3.05, 3.63) is 83.6 Å². The van der Waals surface area contributed by atoms with E-state index in [1.165, 1.54) is 35.2 Å². The first-order valence-corrected chi connectivity index (χ1v) is 9.99. The molecule has 3 heterocycles. The molecule has 1 atom stereocenters. The number of aromatic carboxylic acids is 1. The van der Waals surface area contributed by atoms with Crippen LogP contribution >= 0.6 is 0 Å². The van der Waals surface area contributed by atoms with Crippen molar-refractivity contribution in [1.82, 2.24) is 14.8 Å². The molecule has 4 rings (SSSR count). The largest absolute Gasteiger partial charge is 0.475 e. The molecule has 0 saturated carbocycles. The lowest BCUT2D eigenvalue weighted by Crippen LogP contribution is -2.45. The topological polar surface area (TPSA) is 87.7 Å². The Kier molecular flexibility index (Phi) is 7.08. The molecule has 1 aliphatic heterocycles. The highest BCUT2D eigenvalue weighted by Gasteiger charge is 2.31. The van der Waals surface area contributed by atoms with Gasteiger partial charge in [0.15, 0.2) is 0 Å². The molecule has 3 aromatic rings. The van der Waals surface area contributed by atoms with Crippen molar-refractivity contribution < 1.29 is 19.1 Å². The number of carboxylic acid groups (broad SMARTS) is 1. The van der Waals surface area contributed by atoms with Crippen LogP contribution in [0.2, 0.25) is 0 Å². The maximum Gasteiger partial charge on any atom is 0.371 e. The summed E-state index contributed by atoms with van der Waals surface area (Å²) in [6.07, 6.45) is 3.42. The summed E-state index contributed by atoms with van der Waals surface area (Å²) in [6, 6.07) is 15.6. The number of carboxylic acids is 1. The zero-order chi connectivity index (χ0) is 21.5. The van der Waals surface area contributed by atoms with Gasteiger partial charge in [-0.1, -0.05) is 36.8 Å². The minimum absolute atomic E-state index is 0.00973. The number of aryl methyl sites for hydroxylation is 1. The highest BCUT2D eigenvalue weighted by atomic mass is 16.4. The summed E-state index contributed by atoms with van der Waals surface area (Å²) in [5, 5.41) is 11.3. The number of hydrogen-bond donors (Lipinski definition) is 2. The van der Waals surface area contributed by atoms with E-state index in [0.29, 0.717) is 6.54 Å². The molecule has 0 spiro atoms. The average molecular weight is 409 g/mol. The van der Waals surface area contributed by atoms with Crippen LogP contribution in [0.1, 0.15) is 40.3 Å². The molecule has 1 amide bonds. The Morgan fingerprint density at radius 2 is 1.90 bits per heavy atom. The highest BCUT2D eigenvalue weighted by molar-refractivity contribution is 5.84. The first kappa shape index (κ1) is 21.4. The van der Waals surface area contributed by atoms with Crippen molar-refractivity contribution in [3.63, 3.8) is 0 Å². The Hall–Kier alpha value is -3.32. The van der Waals surface area contributed by atoms with Crippen LogP contribution in [-0.4, -0.2) is 46.1 Å². The Labute approximate surface area is 175 Å². The van der Waals surface area contributed by atoms with Crippen LogP contribution < -0.4 is 5.32 Å². The molecule has 1 aromatic carbocycles. The molecule has 0 saturated heterocycles. The fraction of sp³-hybridized carbons (Fsp3) is 0.304. The molecule has 0 fully saturated rings. The van der Waals surface area contributed by atoms with Gasteiger partial charge >= 0.3 is 5.97 Å². The second-order valence-electron chi connectivity index (χ2n) is 7.09. The molecule has 158 valence electrons. The van der Waals surface area contributed by atoms with Gasteiger partial charge in [0.25, 0.3) is 0 Å². The minimum atomic E-state index is -1.03. The van der Waals surface area contributed by atoms with Gasteiger partial charge in [0.2, 0.25) is 11.7 Å². The maximum absolute atomic E-state index is 12.6. The number of carbonyl (C=O) groups is 2. The smallest absolute Gasteiger partial charge is 0.371 e. The van der Waals surface area contributed by atoms with E-state index in [9.17, 15) is 9.59 Å². The molecular formula is C23H27N3O4. The monoisotopic (exact) mass is 409 g/mol. The fourth-order valence-electron chi connectivity index (χ4n) is 3.49. The Balaban J connectivity index is 0.000000269. The maximum atomic E-state index is 12.6. The number of furan rings is 1. The quantitative estimate of drug-likeness (QED) is 0.675. The average Bonchev–Trinajstić information content (AvgIpc) is 3.44. The Morgan fingerprint density at radius 1 is 1.13 bits per heavy atom. The highest BCUT2D eigenvalue weighted by Crippen LogP contribution is 2.32. The van der Waals surface area contributed by atoms with Crippen LogP contribution in [0.15, 0.2) is 65.4 Å². The predicted octanol–water partition coefficient (Wildman–Crippen LogP) is 3.32. The van der Waals surface area contributed by atoms with Crippen molar-refractivity contribution in [2.75, 3.05) is 19.6 Å². The summed E-state index contributed by atoms with van der Waals surface area (Å²) in [7, 11) is 0. The number of carbonyl (C=O) groups excluding carboxylic acids is 1. The van der Waals surface area contributed by atoms with E-state index in [1.807, 2.05) is 11.8 Å². The molecule has 30 heavy (non-hydrogen) atoms. The van der Waals surface area contributed by atoms with E-state index in [1.54, 1.807) is 0 Å². The standard InChI is InChI=1S/C18H23N3O.C5H4O3/c1-3-19-13-17(22)21-12-11-20-10-4-5-16(20)18(21)15-8-6-14(2)7-9-15;6-5(7)4-2-1-3-8-4/h4-10,18-19H,3,11-13H2,1-2H3;1-3H,(H,6,7). The van der Waals surface area contributed by atoms with Crippen molar-refractivity contribution in [2.24, 2.45) is 0 Å². The molecule has 2 aromatic heterocycles.